The molecule has 6 aromatic rings. The molecule has 4 aromatic heterocycles. The Morgan fingerprint density at radius 3 is 1.27 bits per heavy atom. The summed E-state index contributed by atoms with van der Waals surface area (Å²) >= 11 is 13.8. The quantitative estimate of drug-likeness (QED) is 0.0426. The predicted molar refractivity (Wildman–Crippen MR) is 413 cm³/mol. The number of hydrogen-bond donors (Lipinski definition) is 2. The predicted octanol–water partition coefficient (Wildman–Crippen LogP) is 17.2. The van der Waals surface area contributed by atoms with Crippen LogP contribution >= 0.6 is 23.2 Å². The Labute approximate surface area is 619 Å². The lowest BCUT2D eigenvalue weighted by molar-refractivity contribution is 0.00684. The average molecular weight is 1520 g/mol. The van der Waals surface area contributed by atoms with Crippen molar-refractivity contribution in [2.75, 3.05) is 39.6 Å². The number of ether oxygens (including phenoxy) is 9. The van der Waals surface area contributed by atoms with Gasteiger partial charge in [0.05, 0.1) is 66.2 Å². The van der Waals surface area contributed by atoms with Crippen molar-refractivity contribution < 1.29 is 61.4 Å². The summed E-state index contributed by atoms with van der Waals surface area (Å²) in [6, 6.07) is 23.7. The van der Waals surface area contributed by atoms with Gasteiger partial charge in [-0.25, -0.2) is 14.8 Å². The molecule has 4 aliphatic heterocycles. The van der Waals surface area contributed by atoms with Gasteiger partial charge in [-0.1, -0.05) is 153 Å². The molecule has 6 fully saturated rings. The zero-order chi connectivity index (χ0) is 73.4. The number of carbonyl (C=O) groups excluding carboxylic acids is 1. The van der Waals surface area contributed by atoms with Gasteiger partial charge in [0.1, 0.15) is 55.0 Å². The summed E-state index contributed by atoms with van der Waals surface area (Å²) in [5.74, 6) is 0.879. The molecule has 20 nitrogen and oxygen atoms in total. The summed E-state index contributed by atoms with van der Waals surface area (Å²) in [4.78, 5) is 32.0. The van der Waals surface area contributed by atoms with Crippen LogP contribution < -0.4 is 14.8 Å². The smallest absolute Gasteiger partial charge is 0.407 e. The molecular formula is C76H115Cl2N7O13Si4. The third-order valence-electron chi connectivity index (χ3n) is 22.0. The highest BCUT2D eigenvalue weighted by atomic mass is 35.5. The second-order valence-electron chi connectivity index (χ2n) is 34.9. The van der Waals surface area contributed by atoms with Gasteiger partial charge in [-0.2, -0.15) is 9.97 Å². The van der Waals surface area contributed by atoms with Gasteiger partial charge in [0, 0.05) is 46.5 Å². The second kappa shape index (κ2) is 32.2. The number of amides is 1. The molecule has 2 N–H and O–H groups in total. The molecule has 8 atom stereocenters. The van der Waals surface area contributed by atoms with Gasteiger partial charge < -0.3 is 61.9 Å². The van der Waals surface area contributed by atoms with Crippen molar-refractivity contribution in [1.82, 2.24) is 34.4 Å². The van der Waals surface area contributed by atoms with Crippen LogP contribution in [0.25, 0.3) is 44.8 Å². The van der Waals surface area contributed by atoms with Crippen molar-refractivity contribution in [3.63, 3.8) is 0 Å². The summed E-state index contributed by atoms with van der Waals surface area (Å²) in [5, 5.41) is 14.0. The van der Waals surface area contributed by atoms with E-state index in [1.54, 1.807) is 0 Å². The van der Waals surface area contributed by atoms with E-state index in [1.807, 2.05) is 35.1 Å². The topological polar surface area (TPSA) is 212 Å². The Morgan fingerprint density at radius 2 is 0.912 bits per heavy atom. The Kier molecular flexibility index (Phi) is 24.9. The molecule has 2 aromatic carbocycles. The number of rotatable bonds is 24. The highest BCUT2D eigenvalue weighted by Crippen LogP contribution is 2.45. The number of nitrogens with zero attached hydrogens (tertiary/aromatic N) is 6. The molecular weight excluding hydrogens is 1400 g/mol. The maximum Gasteiger partial charge on any atom is 0.407 e. The highest BCUT2D eigenvalue weighted by Gasteiger charge is 2.54. The standard InChI is InChI=1S/C40H61ClN4O7Si2.C36H54ClN3O6Si2/c1-25(2)42-39(46)50-29-17-15-27(16-18-29)26-11-13-28(14-12-26)34-30(41)21-31-37(44-34)45(24-47-19-20-53(6,7)8)38(43-31)51-32-22-48-36-33(23-49-35(32)36)52-54(9,10)40(3,4)5;1-36(2,3)48(7,8)46-30-21-44-32-29(20-43-33(30)32)45-35-38-28-19-27(37)31(39-34(28)40(35)22-42-17-18-47(4,5)6)25-11-9-23(10-12-25)24-13-15-26(41)16-14-24/h11-14,21,25,27,29,32-33,35-36H,15-20,22-24H2,1-10H3,(H,42,46);9-12,19,24,26,29-30,32-33,41H,13-18,20-22H2,1-8H3/t27?,29?,32-,33-,35-,36-;24?,26?,29-,30-,32-,33-/m11/s1. The first-order valence-electron chi connectivity index (χ1n) is 37.3. The number of benzene rings is 2. The van der Waals surface area contributed by atoms with Crippen LogP contribution in [-0.4, -0.2) is 180 Å². The van der Waals surface area contributed by atoms with Crippen LogP contribution in [0.15, 0.2) is 60.7 Å². The minimum atomic E-state index is -2.02. The van der Waals surface area contributed by atoms with Crippen LogP contribution in [0.3, 0.4) is 0 Å². The summed E-state index contributed by atoms with van der Waals surface area (Å²) in [6.07, 6.45) is 4.97. The van der Waals surface area contributed by atoms with Gasteiger partial charge in [-0.15, -0.1) is 0 Å². The fraction of sp³-hybridized carbons (Fsp3) is 0.671. The zero-order valence-corrected chi connectivity index (χ0v) is 69.3. The fourth-order valence-corrected chi connectivity index (χ4v) is 18.4. The third-order valence-corrected chi connectivity index (χ3v) is 35.0. The van der Waals surface area contributed by atoms with E-state index in [0.717, 1.165) is 74.6 Å². The summed E-state index contributed by atoms with van der Waals surface area (Å²) in [5.41, 5.74) is 8.36. The molecule has 4 saturated heterocycles. The third kappa shape index (κ3) is 19.1. The van der Waals surface area contributed by atoms with Gasteiger partial charge in [0.2, 0.25) is 0 Å². The van der Waals surface area contributed by atoms with Crippen molar-refractivity contribution in [2.24, 2.45) is 0 Å². The number of aromatic nitrogens is 6. The maximum absolute atomic E-state index is 12.1. The molecule has 2 aliphatic carbocycles. The average Bonchev–Trinajstić information content (AvgIpc) is 1.61. The Balaban J connectivity index is 0.000000206. The van der Waals surface area contributed by atoms with Crippen LogP contribution in [-0.2, 0) is 55.5 Å². The number of halogens is 2. The molecule has 1 amide bonds. The molecule has 0 bridgehead atoms. The summed E-state index contributed by atoms with van der Waals surface area (Å²) in [6.45, 7) is 43.9. The second-order valence-corrected chi connectivity index (χ2v) is 56.5. The molecule has 2 saturated carbocycles. The lowest BCUT2D eigenvalue weighted by Crippen LogP contribution is -2.47. The summed E-state index contributed by atoms with van der Waals surface area (Å²) in [7, 11) is -6.60. The van der Waals surface area contributed by atoms with Crippen molar-refractivity contribution in [1.29, 1.82) is 0 Å². The maximum atomic E-state index is 12.1. The van der Waals surface area contributed by atoms with Crippen LogP contribution in [0.4, 0.5) is 4.79 Å². The minimum absolute atomic E-state index is 0.0427. The number of pyridine rings is 2. The van der Waals surface area contributed by atoms with Crippen molar-refractivity contribution >= 4 is 84.4 Å². The Bertz CT molecular complexity index is 3800. The number of imidazole rings is 2. The molecule has 102 heavy (non-hydrogen) atoms. The van der Waals surface area contributed by atoms with Gasteiger partial charge in [-0.05, 0) is 149 Å². The SMILES string of the molecule is CC(C)(C)[Si](C)(C)O[C@@H]1CO[C@H]2[C@@H]1OC[C@H]2Oc1nc2cc(Cl)c(-c3ccc(C4CCC(O)CC4)cc3)nc2n1COCC[Si](C)(C)C.CC(C)NC(=O)OC1CCC(c2ccc(-c3nc4c(cc3Cl)nc(O[C@@H]3CO[C@H]5[C@@H]3OC[C@H]5O[Si](C)(C)C(C)(C)C)n4COCC[Si](C)(C)C)cc2)CC1. The first kappa shape index (κ1) is 78.7. The van der Waals surface area contributed by atoms with E-state index in [1.165, 1.54) is 11.1 Å². The van der Waals surface area contributed by atoms with Crippen LogP contribution in [0, 0.1) is 0 Å². The van der Waals surface area contributed by atoms with E-state index in [-0.39, 0.29) is 96.7 Å². The van der Waals surface area contributed by atoms with E-state index >= 15 is 0 Å². The number of nitrogens with one attached hydrogen (secondary N) is 1. The number of alkyl carbamates (subject to hydrolysis) is 1. The molecule has 8 heterocycles. The van der Waals surface area contributed by atoms with Crippen LogP contribution in [0.5, 0.6) is 12.0 Å². The molecule has 26 heteroatoms. The molecule has 0 spiro atoms. The van der Waals surface area contributed by atoms with Gasteiger partial charge >= 0.3 is 18.1 Å². The van der Waals surface area contributed by atoms with E-state index in [2.05, 4.69) is 161 Å². The number of aliphatic hydroxyl groups is 1. The zero-order valence-electron chi connectivity index (χ0n) is 63.8. The number of carbonyl (C=O) groups is 1. The molecule has 12 rings (SSSR count). The minimum Gasteiger partial charge on any atom is -0.456 e. The largest absolute Gasteiger partial charge is 0.456 e. The summed E-state index contributed by atoms with van der Waals surface area (Å²) < 4.78 is 73.8. The normalized spacial score (nSPS) is 25.8. The molecule has 0 unspecified atom stereocenters. The number of fused-ring (bicyclic) bond motifs is 4. The van der Waals surface area contributed by atoms with Gasteiger partial charge in [-0.3, -0.25) is 9.13 Å². The van der Waals surface area contributed by atoms with E-state index in [9.17, 15) is 9.90 Å². The van der Waals surface area contributed by atoms with E-state index in [4.69, 9.17) is 94.6 Å². The van der Waals surface area contributed by atoms with Crippen molar-refractivity contribution in [3.05, 3.63) is 81.8 Å². The van der Waals surface area contributed by atoms with E-state index < -0.39 is 32.8 Å². The highest BCUT2D eigenvalue weighted by molar-refractivity contribution is 6.76. The van der Waals surface area contributed by atoms with Crippen LogP contribution in [0.1, 0.15) is 130 Å². The molecule has 0 radical (unpaired) electrons. The molecule has 562 valence electrons. The van der Waals surface area contributed by atoms with Gasteiger partial charge in [0.25, 0.3) is 0 Å². The first-order valence-corrected chi connectivity index (χ1v) is 51.3. The number of aliphatic hydroxyl groups excluding tert-OH is 1. The lowest BCUT2D eigenvalue weighted by atomic mass is 9.82. The van der Waals surface area contributed by atoms with Crippen LogP contribution in [0.2, 0.25) is 97.7 Å². The van der Waals surface area contributed by atoms with Crippen molar-refractivity contribution in [3.8, 4) is 34.5 Å². The Hall–Kier alpha value is -4.36. The van der Waals surface area contributed by atoms with E-state index in [0.29, 0.717) is 107 Å². The van der Waals surface area contributed by atoms with Crippen molar-refractivity contribution in [2.45, 2.75) is 287 Å². The lowest BCUT2D eigenvalue weighted by Gasteiger charge is -2.39. The fourth-order valence-electron chi connectivity index (χ4n) is 13.7. The molecule has 6 aliphatic rings. The monoisotopic (exact) mass is 1520 g/mol. The number of hydrogen-bond acceptors (Lipinski definition) is 17. The first-order chi connectivity index (χ1) is 48.0. The Morgan fingerprint density at radius 1 is 0.549 bits per heavy atom. The van der Waals surface area contributed by atoms with Gasteiger partial charge in [0.15, 0.2) is 40.1 Å².